The minimum absolute atomic E-state index is 0. The number of aliphatic hydroxyl groups is 1. The summed E-state index contributed by atoms with van der Waals surface area (Å²) in [6.45, 7) is 0. The molecule has 0 fully saturated rings. The van der Waals surface area contributed by atoms with Crippen molar-refractivity contribution in [2.45, 2.75) is 6.10 Å². The van der Waals surface area contributed by atoms with Crippen LogP contribution in [0.1, 0.15) is 17.2 Å². The second kappa shape index (κ2) is 7.29. The molecule has 0 radical (unpaired) electrons. The van der Waals surface area contributed by atoms with Gasteiger partial charge in [-0.1, -0.05) is 60.7 Å². The zero-order valence-electron chi connectivity index (χ0n) is 8.61. The predicted molar refractivity (Wildman–Crippen MR) is 71.4 cm³/mol. The predicted octanol–water partition coefficient (Wildman–Crippen LogP) is 3.61. The fourth-order valence-electron chi connectivity index (χ4n) is 1.46. The van der Waals surface area contributed by atoms with Gasteiger partial charge in [-0.2, -0.15) is 0 Å². The fourth-order valence-corrected chi connectivity index (χ4v) is 1.46. The van der Waals surface area contributed by atoms with Crippen LogP contribution in [0, 0.1) is 0 Å². The highest BCUT2D eigenvalue weighted by atomic mass is 35.5. The first kappa shape index (κ1) is 15.0. The molecule has 0 aliphatic rings. The third kappa shape index (κ3) is 3.53. The summed E-state index contributed by atoms with van der Waals surface area (Å²) in [5, 5.41) is 9.99. The standard InChI is InChI=1S/C13H12O.2ClH/c14-13(11-7-3-1-4-8-11)12-9-5-2-6-10-12;;/h1-10,13-14H;2*1H. The van der Waals surface area contributed by atoms with Gasteiger partial charge in [-0.3, -0.25) is 0 Å². The molecule has 1 nitrogen and oxygen atoms in total. The molecule has 0 saturated heterocycles. The summed E-state index contributed by atoms with van der Waals surface area (Å²) in [5.74, 6) is 0. The van der Waals surface area contributed by atoms with Crippen molar-refractivity contribution >= 4 is 24.8 Å². The Morgan fingerprint density at radius 3 is 1.25 bits per heavy atom. The van der Waals surface area contributed by atoms with Crippen molar-refractivity contribution in [3.05, 3.63) is 71.8 Å². The Balaban J connectivity index is 0.00000112. The zero-order valence-corrected chi connectivity index (χ0v) is 10.2. The van der Waals surface area contributed by atoms with Gasteiger partial charge in [0, 0.05) is 0 Å². The number of hydrogen-bond donors (Lipinski definition) is 1. The van der Waals surface area contributed by atoms with Gasteiger partial charge in [-0.15, -0.1) is 24.8 Å². The Bertz CT molecular complexity index is 350. The zero-order chi connectivity index (χ0) is 9.80. The van der Waals surface area contributed by atoms with Crippen molar-refractivity contribution in [1.82, 2.24) is 0 Å². The van der Waals surface area contributed by atoms with E-state index in [4.69, 9.17) is 0 Å². The van der Waals surface area contributed by atoms with Crippen LogP contribution in [-0.2, 0) is 0 Å². The SMILES string of the molecule is Cl.Cl.OC(c1ccccc1)c1ccccc1. The molecule has 0 spiro atoms. The van der Waals surface area contributed by atoms with Crippen molar-refractivity contribution in [2.24, 2.45) is 0 Å². The number of aliphatic hydroxyl groups excluding tert-OH is 1. The van der Waals surface area contributed by atoms with Crippen molar-refractivity contribution in [3.63, 3.8) is 0 Å². The van der Waals surface area contributed by atoms with E-state index < -0.39 is 6.10 Å². The highest BCUT2D eigenvalue weighted by Gasteiger charge is 2.07. The molecule has 0 heterocycles. The molecule has 0 aliphatic carbocycles. The number of halogens is 2. The largest absolute Gasteiger partial charge is 0.384 e. The van der Waals surface area contributed by atoms with E-state index >= 15 is 0 Å². The van der Waals surface area contributed by atoms with E-state index in [9.17, 15) is 5.11 Å². The summed E-state index contributed by atoms with van der Waals surface area (Å²) in [7, 11) is 0. The van der Waals surface area contributed by atoms with Crippen LogP contribution in [0.15, 0.2) is 60.7 Å². The minimum atomic E-state index is -0.516. The summed E-state index contributed by atoms with van der Waals surface area (Å²) in [6, 6.07) is 19.3. The topological polar surface area (TPSA) is 20.2 Å². The molecule has 86 valence electrons. The maximum absolute atomic E-state index is 9.99. The molecule has 2 aromatic carbocycles. The molecule has 0 saturated carbocycles. The lowest BCUT2D eigenvalue weighted by atomic mass is 10.0. The van der Waals surface area contributed by atoms with E-state index in [0.717, 1.165) is 11.1 Å². The molecular formula is C13H14Cl2O. The van der Waals surface area contributed by atoms with Crippen molar-refractivity contribution in [3.8, 4) is 0 Å². The fraction of sp³-hybridized carbons (Fsp3) is 0.0769. The maximum atomic E-state index is 9.99. The van der Waals surface area contributed by atoms with Crippen molar-refractivity contribution in [2.75, 3.05) is 0 Å². The smallest absolute Gasteiger partial charge is 0.104 e. The Kier molecular flexibility index (Phi) is 6.82. The van der Waals surface area contributed by atoms with E-state index in [2.05, 4.69) is 0 Å². The third-order valence-electron chi connectivity index (χ3n) is 2.23. The molecule has 0 bridgehead atoms. The van der Waals surface area contributed by atoms with E-state index in [0.29, 0.717) is 0 Å². The monoisotopic (exact) mass is 256 g/mol. The lowest BCUT2D eigenvalue weighted by Gasteiger charge is -2.10. The summed E-state index contributed by atoms with van der Waals surface area (Å²) in [4.78, 5) is 0. The van der Waals surface area contributed by atoms with Gasteiger partial charge in [0.2, 0.25) is 0 Å². The average molecular weight is 257 g/mol. The summed E-state index contributed by atoms with van der Waals surface area (Å²) in [6.07, 6.45) is -0.516. The number of rotatable bonds is 2. The van der Waals surface area contributed by atoms with Crippen LogP contribution in [0.3, 0.4) is 0 Å². The molecule has 2 aromatic rings. The molecule has 0 aliphatic heterocycles. The van der Waals surface area contributed by atoms with Gasteiger partial charge in [0.25, 0.3) is 0 Å². The van der Waals surface area contributed by atoms with E-state index in [1.807, 2.05) is 60.7 Å². The first-order valence-electron chi connectivity index (χ1n) is 4.66. The Hall–Kier alpha value is -1.02. The second-order valence-corrected chi connectivity index (χ2v) is 3.22. The molecule has 0 atom stereocenters. The lowest BCUT2D eigenvalue weighted by molar-refractivity contribution is 0.220. The lowest BCUT2D eigenvalue weighted by Crippen LogP contribution is -1.98. The van der Waals surface area contributed by atoms with Crippen LogP contribution in [0.4, 0.5) is 0 Å². The molecule has 0 amide bonds. The molecule has 2 rings (SSSR count). The van der Waals surface area contributed by atoms with Gasteiger partial charge >= 0.3 is 0 Å². The maximum Gasteiger partial charge on any atom is 0.104 e. The van der Waals surface area contributed by atoms with Crippen LogP contribution in [0.25, 0.3) is 0 Å². The molecule has 16 heavy (non-hydrogen) atoms. The first-order valence-corrected chi connectivity index (χ1v) is 4.66. The van der Waals surface area contributed by atoms with Crippen LogP contribution in [0.2, 0.25) is 0 Å². The van der Waals surface area contributed by atoms with Gasteiger partial charge in [0.15, 0.2) is 0 Å². The third-order valence-corrected chi connectivity index (χ3v) is 2.23. The van der Waals surface area contributed by atoms with Crippen LogP contribution in [-0.4, -0.2) is 5.11 Å². The first-order chi connectivity index (χ1) is 6.88. The van der Waals surface area contributed by atoms with Gasteiger partial charge in [0.1, 0.15) is 6.10 Å². The molecule has 0 unspecified atom stereocenters. The van der Waals surface area contributed by atoms with Crippen molar-refractivity contribution < 1.29 is 5.11 Å². The summed E-state index contributed by atoms with van der Waals surface area (Å²) >= 11 is 0. The second-order valence-electron chi connectivity index (χ2n) is 3.22. The average Bonchev–Trinajstić information content (AvgIpc) is 2.30. The summed E-state index contributed by atoms with van der Waals surface area (Å²) in [5.41, 5.74) is 1.86. The Labute approximate surface area is 108 Å². The van der Waals surface area contributed by atoms with Gasteiger partial charge in [-0.25, -0.2) is 0 Å². The van der Waals surface area contributed by atoms with E-state index in [1.54, 1.807) is 0 Å². The summed E-state index contributed by atoms with van der Waals surface area (Å²) < 4.78 is 0. The highest BCUT2D eigenvalue weighted by molar-refractivity contribution is 5.85. The molecular weight excluding hydrogens is 243 g/mol. The Morgan fingerprint density at radius 2 is 0.938 bits per heavy atom. The normalized spacial score (nSPS) is 9.12. The van der Waals surface area contributed by atoms with E-state index in [1.165, 1.54) is 0 Å². The quantitative estimate of drug-likeness (QED) is 0.871. The van der Waals surface area contributed by atoms with E-state index in [-0.39, 0.29) is 24.8 Å². The van der Waals surface area contributed by atoms with Crippen molar-refractivity contribution in [1.29, 1.82) is 0 Å². The number of benzene rings is 2. The molecule has 1 N–H and O–H groups in total. The van der Waals surface area contributed by atoms with Gasteiger partial charge < -0.3 is 5.11 Å². The highest BCUT2D eigenvalue weighted by Crippen LogP contribution is 2.20. The van der Waals surface area contributed by atoms with Crippen LogP contribution in [0.5, 0.6) is 0 Å². The number of hydrogen-bond acceptors (Lipinski definition) is 1. The molecule has 0 aromatic heterocycles. The van der Waals surface area contributed by atoms with Crippen LogP contribution >= 0.6 is 24.8 Å². The minimum Gasteiger partial charge on any atom is -0.384 e. The van der Waals surface area contributed by atoms with Gasteiger partial charge in [0.05, 0.1) is 0 Å². The van der Waals surface area contributed by atoms with Gasteiger partial charge in [-0.05, 0) is 11.1 Å². The Morgan fingerprint density at radius 1 is 0.625 bits per heavy atom. The molecule has 3 heteroatoms. The van der Waals surface area contributed by atoms with Crippen LogP contribution < -0.4 is 0 Å².